The first-order chi connectivity index (χ1) is 27.6. The lowest BCUT2D eigenvalue weighted by Gasteiger charge is -2.50. The number of pyridine rings is 1. The number of aliphatic imine (C=N–C) groups is 1. The maximum atomic E-state index is 13.8. The molecule has 0 saturated carbocycles. The van der Waals surface area contributed by atoms with Crippen molar-refractivity contribution >= 4 is 40.5 Å². The average molecular weight is 774 g/mol. The first-order valence-corrected chi connectivity index (χ1v) is 20.8. The van der Waals surface area contributed by atoms with Gasteiger partial charge in [0.15, 0.2) is 0 Å². The van der Waals surface area contributed by atoms with Crippen LogP contribution in [0.4, 0.5) is 25.8 Å². The Morgan fingerprint density at radius 3 is 2.39 bits per heavy atom. The van der Waals surface area contributed by atoms with Crippen LogP contribution in [0.3, 0.4) is 0 Å². The number of benzene rings is 2. The third-order valence-corrected chi connectivity index (χ3v) is 13.1. The number of hydrogen-bond acceptors (Lipinski definition) is 9. The predicted molar refractivity (Wildman–Crippen MR) is 230 cm³/mol. The van der Waals surface area contributed by atoms with Crippen LogP contribution in [-0.2, 0) is 6.54 Å². The molecule has 3 saturated heterocycles. The van der Waals surface area contributed by atoms with Gasteiger partial charge in [0.1, 0.15) is 11.6 Å². The number of halogens is 2. The summed E-state index contributed by atoms with van der Waals surface area (Å²) >= 11 is 0. The van der Waals surface area contributed by atoms with Crippen LogP contribution >= 0.6 is 0 Å². The van der Waals surface area contributed by atoms with E-state index >= 15 is 0 Å². The van der Waals surface area contributed by atoms with Crippen molar-refractivity contribution in [3.05, 3.63) is 107 Å². The number of nitrogens with one attached hydrogen (secondary N) is 3. The molecule has 0 unspecified atom stereocenters. The highest BCUT2D eigenvalue weighted by molar-refractivity contribution is 6.16. The highest BCUT2D eigenvalue weighted by atomic mass is 19.1. The molecule has 300 valence electrons. The van der Waals surface area contributed by atoms with Gasteiger partial charge >= 0.3 is 0 Å². The van der Waals surface area contributed by atoms with Crippen LogP contribution in [0.25, 0.3) is 11.3 Å². The van der Waals surface area contributed by atoms with Gasteiger partial charge in [0.05, 0.1) is 22.8 Å². The van der Waals surface area contributed by atoms with Crippen molar-refractivity contribution in [1.29, 1.82) is 5.41 Å². The lowest BCUT2D eigenvalue weighted by Crippen LogP contribution is -2.52. The maximum absolute atomic E-state index is 13.8. The summed E-state index contributed by atoms with van der Waals surface area (Å²) in [5.74, 6) is 0.0782. The van der Waals surface area contributed by atoms with E-state index in [1.165, 1.54) is 61.0 Å². The third kappa shape index (κ3) is 8.35. The summed E-state index contributed by atoms with van der Waals surface area (Å²) in [6.07, 6.45) is 11.4. The Labute approximate surface area is 336 Å². The Balaban J connectivity index is 0.885. The van der Waals surface area contributed by atoms with E-state index in [4.69, 9.17) is 15.4 Å². The highest BCUT2D eigenvalue weighted by Gasteiger charge is 2.40. The molecule has 3 aromatic rings. The summed E-state index contributed by atoms with van der Waals surface area (Å²) in [6, 6.07) is 14.6. The first kappa shape index (κ1) is 38.8. The molecular formula is C46H57F2N9. The van der Waals surface area contributed by atoms with Gasteiger partial charge in [-0.15, -0.1) is 0 Å². The van der Waals surface area contributed by atoms with Gasteiger partial charge in [-0.1, -0.05) is 32.1 Å². The van der Waals surface area contributed by atoms with E-state index in [-0.39, 0.29) is 0 Å². The van der Waals surface area contributed by atoms with E-state index in [1.807, 2.05) is 31.0 Å². The van der Waals surface area contributed by atoms with Gasteiger partial charge in [-0.25, -0.2) is 13.8 Å². The lowest BCUT2D eigenvalue weighted by molar-refractivity contribution is 0.0386. The van der Waals surface area contributed by atoms with Gasteiger partial charge in [-0.2, -0.15) is 0 Å². The molecule has 2 aromatic carbocycles. The van der Waals surface area contributed by atoms with Crippen LogP contribution in [0, 0.1) is 35.3 Å². The zero-order chi connectivity index (χ0) is 39.7. The molecule has 8 rings (SSSR count). The van der Waals surface area contributed by atoms with Crippen molar-refractivity contribution in [3.8, 4) is 0 Å². The molecule has 1 aromatic heterocycles. The van der Waals surface area contributed by atoms with Crippen molar-refractivity contribution in [1.82, 2.24) is 20.1 Å². The molecule has 11 heteroatoms. The SMILES string of the molecule is C=C1/N=C2\Nc3ccc(CN4CCC5(CC4)CCN(C(=C)C4CN(c6cc(F)cc(F)c6)C4)CC5)cc3N2CCCCCC/C(NC)=C(/C=N)c2cc1cc(C)n2. The normalized spacial score (nSPS) is 22.7. The number of aryl methyl sites for hydroxylation is 1. The van der Waals surface area contributed by atoms with E-state index in [0.29, 0.717) is 22.7 Å². The number of nitrogens with zero attached hydrogens (tertiary/aromatic N) is 6. The number of anilines is 3. The van der Waals surface area contributed by atoms with Gasteiger partial charge < -0.3 is 30.7 Å². The second-order valence-corrected chi connectivity index (χ2v) is 16.8. The molecule has 2 bridgehead atoms. The van der Waals surface area contributed by atoms with Crippen LogP contribution in [0.2, 0.25) is 0 Å². The molecule has 0 amide bonds. The Bertz CT molecular complexity index is 2060. The number of allylic oxidation sites excluding steroid dienone is 2. The predicted octanol–water partition coefficient (Wildman–Crippen LogP) is 8.80. The van der Waals surface area contributed by atoms with E-state index in [1.54, 1.807) is 0 Å². The standard InChI is InChI=1S/C46H57F2N9/c1-31-21-35-23-43(51-31)40(27-49)41(50-4)9-7-5-6-8-16-57-44-22-34(10-11-42(44)53-45(57)52-32(35)2)28-54-17-12-46(13-18-54)14-19-55(20-15-46)33(3)36-29-56(30-36)39-25-37(47)24-38(48)26-39/h10-11,21-27,36,49-50H,2-3,5-9,12-20,28-30H2,1,4H3,(H,52,53)/b41-40+,49-27?. The summed E-state index contributed by atoms with van der Waals surface area (Å²) in [6.45, 7) is 18.5. The zero-order valence-electron chi connectivity index (χ0n) is 33.6. The zero-order valence-corrected chi connectivity index (χ0v) is 33.6. The molecule has 57 heavy (non-hydrogen) atoms. The molecule has 0 aliphatic carbocycles. The van der Waals surface area contributed by atoms with Crippen LogP contribution in [0.5, 0.6) is 0 Å². The molecule has 0 radical (unpaired) electrons. The smallest absolute Gasteiger partial charge is 0.208 e. The van der Waals surface area contributed by atoms with Gasteiger partial charge in [0.2, 0.25) is 5.96 Å². The van der Waals surface area contributed by atoms with Crippen LogP contribution in [-0.4, -0.2) is 79.8 Å². The van der Waals surface area contributed by atoms with Crippen LogP contribution in [0.15, 0.2) is 78.1 Å². The Kier molecular flexibility index (Phi) is 11.2. The van der Waals surface area contributed by atoms with Crippen molar-refractivity contribution in [3.63, 3.8) is 0 Å². The minimum atomic E-state index is -0.530. The van der Waals surface area contributed by atoms with E-state index in [2.05, 4.69) is 56.7 Å². The molecule has 0 atom stereocenters. The average Bonchev–Trinajstić information content (AvgIpc) is 3.51. The highest BCUT2D eigenvalue weighted by Crippen LogP contribution is 2.44. The first-order valence-electron chi connectivity index (χ1n) is 20.8. The summed E-state index contributed by atoms with van der Waals surface area (Å²) in [4.78, 5) is 19.4. The monoisotopic (exact) mass is 773 g/mol. The third-order valence-electron chi connectivity index (χ3n) is 13.1. The second kappa shape index (κ2) is 16.4. The Hall–Kier alpha value is -5.03. The molecule has 5 aliphatic heterocycles. The number of piperidine rings is 2. The topological polar surface area (TPSA) is 86.1 Å². The number of guanidine groups is 1. The fourth-order valence-electron chi connectivity index (χ4n) is 9.51. The number of aromatic nitrogens is 1. The fourth-order valence-corrected chi connectivity index (χ4v) is 9.51. The van der Waals surface area contributed by atoms with E-state index < -0.39 is 11.6 Å². The summed E-state index contributed by atoms with van der Waals surface area (Å²) in [5, 5.41) is 15.2. The molecule has 5 aliphatic rings. The Morgan fingerprint density at radius 2 is 1.67 bits per heavy atom. The van der Waals surface area contributed by atoms with Crippen molar-refractivity contribution in [2.45, 2.75) is 71.3 Å². The summed E-state index contributed by atoms with van der Waals surface area (Å²) in [5.41, 5.74) is 10.8. The van der Waals surface area contributed by atoms with Crippen molar-refractivity contribution in [2.75, 3.05) is 68.0 Å². The number of rotatable bonds is 7. The van der Waals surface area contributed by atoms with E-state index in [0.717, 1.165) is 130 Å². The molecule has 3 fully saturated rings. The van der Waals surface area contributed by atoms with Crippen LogP contribution in [0.1, 0.15) is 80.3 Å². The second-order valence-electron chi connectivity index (χ2n) is 16.8. The number of fused-ring (bicyclic) bond motifs is 5. The van der Waals surface area contributed by atoms with Gasteiger partial charge in [-0.3, -0.25) is 9.88 Å². The fraction of sp³-hybridized carbons (Fsp3) is 0.457. The maximum Gasteiger partial charge on any atom is 0.208 e. The van der Waals surface area contributed by atoms with Gasteiger partial charge in [-0.05, 0) is 112 Å². The molecule has 9 nitrogen and oxygen atoms in total. The lowest BCUT2D eigenvalue weighted by atomic mass is 9.71. The number of likely N-dealkylation sites (tertiary alicyclic amines) is 2. The minimum Gasteiger partial charge on any atom is -0.391 e. The summed E-state index contributed by atoms with van der Waals surface area (Å²) < 4.78 is 27.5. The molecule has 6 heterocycles. The molecular weight excluding hydrogens is 717 g/mol. The summed E-state index contributed by atoms with van der Waals surface area (Å²) in [7, 11) is 1.93. The van der Waals surface area contributed by atoms with Crippen molar-refractivity contribution < 1.29 is 8.78 Å². The largest absolute Gasteiger partial charge is 0.391 e. The van der Waals surface area contributed by atoms with Crippen molar-refractivity contribution in [2.24, 2.45) is 16.3 Å². The van der Waals surface area contributed by atoms with Crippen LogP contribution < -0.4 is 20.4 Å². The quantitative estimate of drug-likeness (QED) is 0.207. The number of hydrogen-bond donors (Lipinski definition) is 3. The molecule has 1 spiro atoms. The van der Waals surface area contributed by atoms with Gasteiger partial charge in [0.25, 0.3) is 0 Å². The van der Waals surface area contributed by atoms with Gasteiger partial charge in [0, 0.05) is 98.4 Å². The molecule has 3 N–H and O–H groups in total. The minimum absolute atomic E-state index is 0.330. The Morgan fingerprint density at radius 1 is 0.947 bits per heavy atom. The van der Waals surface area contributed by atoms with E-state index in [9.17, 15) is 8.78 Å².